The fourth-order valence-electron chi connectivity index (χ4n) is 2.45. The van der Waals surface area contributed by atoms with Crippen LogP contribution in [0.2, 0.25) is 0 Å². The summed E-state index contributed by atoms with van der Waals surface area (Å²) in [6.45, 7) is 2.95. The van der Waals surface area contributed by atoms with E-state index in [2.05, 4.69) is 32.2 Å². The van der Waals surface area contributed by atoms with Crippen LogP contribution in [0.1, 0.15) is 31.0 Å². The molecule has 0 aromatic carbocycles. The largest absolute Gasteiger partial charge is 0.370 e. The third kappa shape index (κ3) is 2.41. The highest BCUT2D eigenvalue weighted by Crippen LogP contribution is 2.27. The summed E-state index contributed by atoms with van der Waals surface area (Å²) in [5, 5.41) is 3.35. The van der Waals surface area contributed by atoms with E-state index < -0.39 is 0 Å². The van der Waals surface area contributed by atoms with E-state index in [4.69, 9.17) is 0 Å². The molecule has 2 heterocycles. The van der Waals surface area contributed by atoms with Gasteiger partial charge in [-0.3, -0.25) is 0 Å². The lowest BCUT2D eigenvalue weighted by Crippen LogP contribution is -2.13. The number of hydrogen-bond donors (Lipinski definition) is 1. The smallest absolute Gasteiger partial charge is 0.180 e. The van der Waals surface area contributed by atoms with Gasteiger partial charge < -0.3 is 5.32 Å². The van der Waals surface area contributed by atoms with Gasteiger partial charge in [-0.2, -0.15) is 0 Å². The number of fused-ring (bicyclic) bond motifs is 1. The van der Waals surface area contributed by atoms with Crippen molar-refractivity contribution in [1.82, 2.24) is 19.9 Å². The second-order valence-corrected chi connectivity index (χ2v) is 4.65. The predicted molar refractivity (Wildman–Crippen MR) is 73.9 cm³/mol. The zero-order chi connectivity index (χ0) is 13.1. The Morgan fingerprint density at radius 1 is 1.21 bits per heavy atom. The summed E-state index contributed by atoms with van der Waals surface area (Å²) < 4.78 is 0. The Hall–Kier alpha value is -2.04. The van der Waals surface area contributed by atoms with Crippen molar-refractivity contribution in [2.75, 3.05) is 11.9 Å². The summed E-state index contributed by atoms with van der Waals surface area (Å²) in [4.78, 5) is 17.5. The Morgan fingerprint density at radius 3 is 2.89 bits per heavy atom. The molecule has 98 valence electrons. The summed E-state index contributed by atoms with van der Waals surface area (Å²) in [6.07, 6.45) is 7.79. The van der Waals surface area contributed by atoms with Gasteiger partial charge in [-0.05, 0) is 38.7 Å². The van der Waals surface area contributed by atoms with Crippen LogP contribution < -0.4 is 5.32 Å². The molecule has 1 N–H and O–H groups in total. The van der Waals surface area contributed by atoms with Crippen molar-refractivity contribution in [3.05, 3.63) is 29.8 Å². The molecule has 0 saturated carbocycles. The molecule has 0 unspecified atom stereocenters. The lowest BCUT2D eigenvalue weighted by Gasteiger charge is -2.19. The van der Waals surface area contributed by atoms with Gasteiger partial charge in [-0.1, -0.05) is 0 Å². The summed E-state index contributed by atoms with van der Waals surface area (Å²) in [5.41, 5.74) is 3.24. The third-order valence-corrected chi connectivity index (χ3v) is 3.34. The highest BCUT2D eigenvalue weighted by atomic mass is 15.0. The molecule has 5 heteroatoms. The van der Waals surface area contributed by atoms with E-state index in [9.17, 15) is 0 Å². The van der Waals surface area contributed by atoms with E-state index in [1.807, 2.05) is 6.07 Å². The topological polar surface area (TPSA) is 63.6 Å². The van der Waals surface area contributed by atoms with Crippen LogP contribution in [0.15, 0.2) is 18.6 Å². The molecule has 0 aliphatic heterocycles. The van der Waals surface area contributed by atoms with Crippen LogP contribution in [0.25, 0.3) is 11.5 Å². The fraction of sp³-hybridized carbons (Fsp3) is 0.429. The number of anilines is 1. The first kappa shape index (κ1) is 12.0. The van der Waals surface area contributed by atoms with E-state index in [1.54, 1.807) is 6.20 Å². The predicted octanol–water partition coefficient (Wildman–Crippen LogP) is 2.24. The highest BCUT2D eigenvalue weighted by Gasteiger charge is 2.18. The molecule has 0 amide bonds. The fourth-order valence-corrected chi connectivity index (χ4v) is 2.45. The summed E-state index contributed by atoms with van der Waals surface area (Å²) >= 11 is 0. The van der Waals surface area contributed by atoms with Gasteiger partial charge in [0.1, 0.15) is 17.8 Å². The normalized spacial score (nSPS) is 13.9. The minimum absolute atomic E-state index is 0.694. The number of nitrogens with one attached hydrogen (secondary N) is 1. The molecule has 0 fully saturated rings. The maximum absolute atomic E-state index is 4.69. The Bertz CT molecular complexity index is 568. The standard InChI is InChI=1S/C14H17N5/c1-2-16-13-10-5-3-4-6-11(10)18-14(19-13)12-7-8-15-9-17-12/h7-9H,2-6H2,1H3,(H,16,18,19). The van der Waals surface area contributed by atoms with Crippen molar-refractivity contribution >= 4 is 5.82 Å². The number of nitrogens with zero attached hydrogens (tertiary/aromatic N) is 4. The Kier molecular flexibility index (Phi) is 3.35. The van der Waals surface area contributed by atoms with Gasteiger partial charge in [-0.25, -0.2) is 19.9 Å². The molecule has 2 aromatic rings. The molecule has 5 nitrogen and oxygen atoms in total. The summed E-state index contributed by atoms with van der Waals surface area (Å²) in [6, 6.07) is 1.85. The SMILES string of the molecule is CCNc1nc(-c2ccncn2)nc2c1CCCC2. The molecule has 2 aromatic heterocycles. The van der Waals surface area contributed by atoms with Gasteiger partial charge in [-0.15, -0.1) is 0 Å². The van der Waals surface area contributed by atoms with Crippen LogP contribution >= 0.6 is 0 Å². The van der Waals surface area contributed by atoms with Gasteiger partial charge in [0.05, 0.1) is 0 Å². The molecular weight excluding hydrogens is 238 g/mol. The Morgan fingerprint density at radius 2 is 2.11 bits per heavy atom. The second kappa shape index (κ2) is 5.30. The van der Waals surface area contributed by atoms with E-state index >= 15 is 0 Å². The molecule has 0 radical (unpaired) electrons. The minimum Gasteiger partial charge on any atom is -0.370 e. The summed E-state index contributed by atoms with van der Waals surface area (Å²) in [5.74, 6) is 1.67. The zero-order valence-corrected chi connectivity index (χ0v) is 11.1. The Balaban J connectivity index is 2.09. The maximum Gasteiger partial charge on any atom is 0.180 e. The zero-order valence-electron chi connectivity index (χ0n) is 11.1. The number of rotatable bonds is 3. The van der Waals surface area contributed by atoms with Crippen molar-refractivity contribution in [2.45, 2.75) is 32.6 Å². The molecule has 3 rings (SSSR count). The number of aromatic nitrogens is 4. The van der Waals surface area contributed by atoms with Gasteiger partial charge in [0.15, 0.2) is 5.82 Å². The molecule has 0 saturated heterocycles. The van der Waals surface area contributed by atoms with Crippen molar-refractivity contribution in [3.63, 3.8) is 0 Å². The molecular formula is C14H17N5. The van der Waals surface area contributed by atoms with Crippen LogP contribution in [0, 0.1) is 0 Å². The molecule has 0 spiro atoms. The molecule has 0 atom stereocenters. The van der Waals surface area contributed by atoms with Crippen LogP contribution in [-0.4, -0.2) is 26.5 Å². The maximum atomic E-state index is 4.69. The van der Waals surface area contributed by atoms with Crippen LogP contribution in [0.3, 0.4) is 0 Å². The van der Waals surface area contributed by atoms with Gasteiger partial charge in [0.2, 0.25) is 0 Å². The second-order valence-electron chi connectivity index (χ2n) is 4.65. The van der Waals surface area contributed by atoms with E-state index in [-0.39, 0.29) is 0 Å². The first-order valence-corrected chi connectivity index (χ1v) is 6.78. The monoisotopic (exact) mass is 255 g/mol. The lowest BCUT2D eigenvalue weighted by atomic mass is 9.96. The van der Waals surface area contributed by atoms with Crippen LogP contribution in [0.4, 0.5) is 5.82 Å². The third-order valence-electron chi connectivity index (χ3n) is 3.34. The van der Waals surface area contributed by atoms with Crippen molar-refractivity contribution in [2.24, 2.45) is 0 Å². The average Bonchev–Trinajstić information content (AvgIpc) is 2.48. The van der Waals surface area contributed by atoms with Gasteiger partial charge >= 0.3 is 0 Å². The molecule has 1 aliphatic carbocycles. The lowest BCUT2D eigenvalue weighted by molar-refractivity contribution is 0.664. The van der Waals surface area contributed by atoms with Crippen molar-refractivity contribution in [3.8, 4) is 11.5 Å². The van der Waals surface area contributed by atoms with E-state index in [0.717, 1.165) is 30.9 Å². The number of hydrogen-bond acceptors (Lipinski definition) is 5. The van der Waals surface area contributed by atoms with Crippen molar-refractivity contribution in [1.29, 1.82) is 0 Å². The van der Waals surface area contributed by atoms with Crippen LogP contribution in [0.5, 0.6) is 0 Å². The molecule has 1 aliphatic rings. The van der Waals surface area contributed by atoms with E-state index in [0.29, 0.717) is 5.82 Å². The van der Waals surface area contributed by atoms with Gasteiger partial charge in [0, 0.05) is 24.0 Å². The number of aryl methyl sites for hydroxylation is 1. The van der Waals surface area contributed by atoms with Crippen LogP contribution in [-0.2, 0) is 12.8 Å². The summed E-state index contributed by atoms with van der Waals surface area (Å²) in [7, 11) is 0. The quantitative estimate of drug-likeness (QED) is 0.911. The molecule has 0 bridgehead atoms. The van der Waals surface area contributed by atoms with E-state index in [1.165, 1.54) is 30.4 Å². The Labute approximate surface area is 112 Å². The first-order valence-electron chi connectivity index (χ1n) is 6.78. The van der Waals surface area contributed by atoms with Gasteiger partial charge in [0.25, 0.3) is 0 Å². The first-order chi connectivity index (χ1) is 9.38. The highest BCUT2D eigenvalue weighted by molar-refractivity contribution is 5.56. The molecule has 19 heavy (non-hydrogen) atoms. The minimum atomic E-state index is 0.694. The van der Waals surface area contributed by atoms with Crippen molar-refractivity contribution < 1.29 is 0 Å². The average molecular weight is 255 g/mol.